The van der Waals surface area contributed by atoms with Gasteiger partial charge in [-0.1, -0.05) is 12.8 Å². The molecule has 3 amide bonds. The van der Waals surface area contributed by atoms with Crippen LogP contribution in [-0.2, 0) is 11.2 Å². The van der Waals surface area contributed by atoms with Gasteiger partial charge in [0.2, 0.25) is 5.91 Å². The number of anilines is 1. The van der Waals surface area contributed by atoms with E-state index in [1.165, 1.54) is 24.2 Å². The zero-order chi connectivity index (χ0) is 14.4. The van der Waals surface area contributed by atoms with Gasteiger partial charge in [0.1, 0.15) is 0 Å². The molecule has 110 valence electrons. The Kier molecular flexibility index (Phi) is 5.34. The fourth-order valence-corrected chi connectivity index (χ4v) is 2.96. The van der Waals surface area contributed by atoms with Crippen LogP contribution in [0.5, 0.6) is 0 Å². The van der Waals surface area contributed by atoms with Crippen molar-refractivity contribution in [2.75, 3.05) is 11.9 Å². The summed E-state index contributed by atoms with van der Waals surface area (Å²) in [5, 5.41) is 10.7. The van der Waals surface area contributed by atoms with Crippen LogP contribution in [0.4, 0.5) is 9.93 Å². The van der Waals surface area contributed by atoms with E-state index in [4.69, 9.17) is 0 Å². The van der Waals surface area contributed by atoms with Crippen LogP contribution in [0.1, 0.15) is 38.3 Å². The maximum absolute atomic E-state index is 11.8. The summed E-state index contributed by atoms with van der Waals surface area (Å²) in [6.45, 7) is 2.48. The Morgan fingerprint density at radius 1 is 1.40 bits per heavy atom. The van der Waals surface area contributed by atoms with E-state index in [-0.39, 0.29) is 24.4 Å². The first kappa shape index (κ1) is 14.8. The summed E-state index contributed by atoms with van der Waals surface area (Å²) in [6.07, 6.45) is 4.70. The molecular weight excluding hydrogens is 276 g/mol. The van der Waals surface area contributed by atoms with Crippen LogP contribution in [0, 0.1) is 0 Å². The first-order valence-electron chi connectivity index (χ1n) is 6.96. The quantitative estimate of drug-likeness (QED) is 0.776. The van der Waals surface area contributed by atoms with Crippen LogP contribution in [0.15, 0.2) is 5.38 Å². The lowest BCUT2D eigenvalue weighted by atomic mass is 10.3. The number of nitrogens with one attached hydrogen (secondary N) is 3. The number of nitrogens with zero attached hydrogens (tertiary/aromatic N) is 1. The molecule has 0 aromatic carbocycles. The van der Waals surface area contributed by atoms with Crippen LogP contribution in [0.3, 0.4) is 0 Å². The number of carbonyl (C=O) groups excluding carboxylic acids is 2. The molecule has 0 bridgehead atoms. The van der Waals surface area contributed by atoms with Crippen molar-refractivity contribution < 1.29 is 9.59 Å². The summed E-state index contributed by atoms with van der Waals surface area (Å²) in [6, 6.07) is 0.0700. The first-order chi connectivity index (χ1) is 9.67. The predicted octanol–water partition coefficient (Wildman–Crippen LogP) is 1.89. The molecule has 1 aliphatic carbocycles. The summed E-state index contributed by atoms with van der Waals surface area (Å²) in [7, 11) is 0. The minimum absolute atomic E-state index is 0.0558. The minimum Gasteiger partial charge on any atom is -0.356 e. The first-order valence-corrected chi connectivity index (χ1v) is 7.84. The molecule has 0 spiro atoms. The van der Waals surface area contributed by atoms with Gasteiger partial charge in [0, 0.05) is 18.0 Å². The normalized spacial score (nSPS) is 15.1. The predicted molar refractivity (Wildman–Crippen MR) is 78.9 cm³/mol. The van der Waals surface area contributed by atoms with Gasteiger partial charge in [-0.25, -0.2) is 9.78 Å². The molecule has 0 radical (unpaired) electrons. The van der Waals surface area contributed by atoms with Crippen molar-refractivity contribution in [3.63, 3.8) is 0 Å². The third kappa shape index (κ3) is 4.48. The molecule has 0 atom stereocenters. The zero-order valence-corrected chi connectivity index (χ0v) is 12.4. The number of likely N-dealkylation sites (N-methyl/N-ethyl adjacent to an activating group) is 1. The Morgan fingerprint density at radius 2 is 2.15 bits per heavy atom. The van der Waals surface area contributed by atoms with Crippen LogP contribution < -0.4 is 16.0 Å². The number of thiazole rings is 1. The molecule has 1 aromatic heterocycles. The monoisotopic (exact) mass is 296 g/mol. The fourth-order valence-electron chi connectivity index (χ4n) is 2.26. The largest absolute Gasteiger partial charge is 0.356 e. The van der Waals surface area contributed by atoms with E-state index >= 15 is 0 Å². The SMILES string of the molecule is CCNC(=O)Cc1csc(NC(=O)NC2CCCC2)n1. The standard InChI is InChI=1S/C13H20N4O2S/c1-2-14-11(18)7-10-8-20-13(16-10)17-12(19)15-9-5-3-4-6-9/h8-9H,2-7H2,1H3,(H,14,18)(H2,15,16,17,19). The van der Waals surface area contributed by atoms with E-state index in [0.29, 0.717) is 17.4 Å². The van der Waals surface area contributed by atoms with Crippen LogP contribution in [0.2, 0.25) is 0 Å². The van der Waals surface area contributed by atoms with Gasteiger partial charge in [-0.2, -0.15) is 0 Å². The lowest BCUT2D eigenvalue weighted by Crippen LogP contribution is -2.36. The van der Waals surface area contributed by atoms with E-state index in [0.717, 1.165) is 12.8 Å². The van der Waals surface area contributed by atoms with Crippen molar-refractivity contribution in [2.45, 2.75) is 45.1 Å². The van der Waals surface area contributed by atoms with E-state index in [9.17, 15) is 9.59 Å². The Bertz CT molecular complexity index is 469. The fraction of sp³-hybridized carbons (Fsp3) is 0.615. The summed E-state index contributed by atoms with van der Waals surface area (Å²) >= 11 is 1.33. The molecule has 1 saturated carbocycles. The molecule has 7 heteroatoms. The summed E-state index contributed by atoms with van der Waals surface area (Å²) in [5.74, 6) is -0.0558. The van der Waals surface area contributed by atoms with Crippen molar-refractivity contribution in [3.8, 4) is 0 Å². The molecule has 2 rings (SSSR count). The Labute approximate surface area is 122 Å². The van der Waals surface area contributed by atoms with Gasteiger partial charge in [-0.05, 0) is 19.8 Å². The van der Waals surface area contributed by atoms with Crippen LogP contribution in [-0.4, -0.2) is 29.5 Å². The number of urea groups is 1. The number of hydrogen-bond acceptors (Lipinski definition) is 4. The second-order valence-corrected chi connectivity index (χ2v) is 5.71. The maximum Gasteiger partial charge on any atom is 0.321 e. The highest BCUT2D eigenvalue weighted by Gasteiger charge is 2.17. The molecule has 0 aliphatic heterocycles. The van der Waals surface area contributed by atoms with Crippen molar-refractivity contribution in [2.24, 2.45) is 0 Å². The van der Waals surface area contributed by atoms with Crippen LogP contribution in [0.25, 0.3) is 0 Å². The number of amides is 3. The average Bonchev–Trinajstić information content (AvgIpc) is 3.02. The summed E-state index contributed by atoms with van der Waals surface area (Å²) < 4.78 is 0. The third-order valence-electron chi connectivity index (χ3n) is 3.18. The molecule has 1 fully saturated rings. The number of rotatable bonds is 5. The molecule has 20 heavy (non-hydrogen) atoms. The Balaban J connectivity index is 1.79. The number of carbonyl (C=O) groups is 2. The van der Waals surface area contributed by atoms with E-state index in [2.05, 4.69) is 20.9 Å². The van der Waals surface area contributed by atoms with Gasteiger partial charge in [0.25, 0.3) is 0 Å². The van der Waals surface area contributed by atoms with E-state index in [1.54, 1.807) is 5.38 Å². The molecule has 6 nitrogen and oxygen atoms in total. The molecule has 1 aromatic rings. The lowest BCUT2D eigenvalue weighted by molar-refractivity contribution is -0.120. The van der Waals surface area contributed by atoms with Gasteiger partial charge < -0.3 is 10.6 Å². The molecule has 0 unspecified atom stereocenters. The number of aromatic nitrogens is 1. The highest BCUT2D eigenvalue weighted by molar-refractivity contribution is 7.13. The van der Waals surface area contributed by atoms with Gasteiger partial charge in [0.05, 0.1) is 12.1 Å². The van der Waals surface area contributed by atoms with Crippen molar-refractivity contribution >= 4 is 28.4 Å². The highest BCUT2D eigenvalue weighted by atomic mass is 32.1. The second kappa shape index (κ2) is 7.23. The Morgan fingerprint density at radius 3 is 2.85 bits per heavy atom. The second-order valence-electron chi connectivity index (χ2n) is 4.85. The minimum atomic E-state index is -0.212. The zero-order valence-electron chi connectivity index (χ0n) is 11.6. The molecule has 0 saturated heterocycles. The van der Waals surface area contributed by atoms with Gasteiger partial charge >= 0.3 is 6.03 Å². The van der Waals surface area contributed by atoms with Crippen molar-refractivity contribution in [1.82, 2.24) is 15.6 Å². The average molecular weight is 296 g/mol. The summed E-state index contributed by atoms with van der Waals surface area (Å²) in [4.78, 5) is 27.4. The third-order valence-corrected chi connectivity index (χ3v) is 3.98. The van der Waals surface area contributed by atoms with Gasteiger partial charge in [0.15, 0.2) is 5.13 Å². The van der Waals surface area contributed by atoms with Gasteiger partial charge in [-0.15, -0.1) is 11.3 Å². The van der Waals surface area contributed by atoms with Gasteiger partial charge in [-0.3, -0.25) is 10.1 Å². The molecular formula is C13H20N4O2S. The Hall–Kier alpha value is -1.63. The summed E-state index contributed by atoms with van der Waals surface area (Å²) in [5.41, 5.74) is 0.678. The lowest BCUT2D eigenvalue weighted by Gasteiger charge is -2.11. The molecule has 1 heterocycles. The van der Waals surface area contributed by atoms with Crippen molar-refractivity contribution in [3.05, 3.63) is 11.1 Å². The van der Waals surface area contributed by atoms with E-state index in [1.807, 2.05) is 6.92 Å². The number of hydrogen-bond donors (Lipinski definition) is 3. The molecule has 1 aliphatic rings. The topological polar surface area (TPSA) is 83.1 Å². The smallest absolute Gasteiger partial charge is 0.321 e. The van der Waals surface area contributed by atoms with Crippen LogP contribution >= 0.6 is 11.3 Å². The maximum atomic E-state index is 11.8. The van der Waals surface area contributed by atoms with Crippen molar-refractivity contribution in [1.29, 1.82) is 0 Å². The molecule has 3 N–H and O–H groups in total. The highest BCUT2D eigenvalue weighted by Crippen LogP contribution is 2.19. The van der Waals surface area contributed by atoms with E-state index < -0.39 is 0 Å².